The lowest BCUT2D eigenvalue weighted by Gasteiger charge is -2.30. The first-order chi connectivity index (χ1) is 9.90. The van der Waals surface area contributed by atoms with Crippen molar-refractivity contribution < 1.29 is 14.6 Å². The maximum atomic E-state index is 12.2. The Morgan fingerprint density at radius 3 is 2.67 bits per heavy atom. The Kier molecular flexibility index (Phi) is 4.88. The molecule has 0 radical (unpaired) electrons. The third-order valence-corrected chi connectivity index (χ3v) is 4.37. The fraction of sp³-hybridized carbons (Fsp3) is 0.588. The zero-order valence-corrected chi connectivity index (χ0v) is 13.2. The molecule has 1 aromatic rings. The summed E-state index contributed by atoms with van der Waals surface area (Å²) in [4.78, 5) is 13.9. The number of likely N-dealkylation sites (N-methyl/N-ethyl adjacent to an activating group) is 1. The van der Waals surface area contributed by atoms with Gasteiger partial charge in [0.25, 0.3) is 0 Å². The van der Waals surface area contributed by atoms with Gasteiger partial charge >= 0.3 is 0 Å². The van der Waals surface area contributed by atoms with Crippen molar-refractivity contribution in [1.29, 1.82) is 0 Å². The fourth-order valence-corrected chi connectivity index (χ4v) is 2.51. The molecule has 3 unspecified atom stereocenters. The molecule has 116 valence electrons. The predicted octanol–water partition coefficient (Wildman–Crippen LogP) is 2.24. The Bertz CT molecular complexity index is 476. The Hall–Kier alpha value is -1.55. The number of fused-ring (bicyclic) bond motifs is 1. The molecule has 0 aromatic heterocycles. The molecule has 1 aliphatic heterocycles. The van der Waals surface area contributed by atoms with Gasteiger partial charge in [-0.2, -0.15) is 0 Å². The van der Waals surface area contributed by atoms with E-state index in [1.807, 2.05) is 39.0 Å². The van der Waals surface area contributed by atoms with Crippen molar-refractivity contribution in [2.24, 2.45) is 5.92 Å². The van der Waals surface area contributed by atoms with Gasteiger partial charge in [-0.05, 0) is 24.5 Å². The minimum atomic E-state index is -0.589. The smallest absolute Gasteiger partial charge is 0.225 e. The number of hydrogen-bond acceptors (Lipinski definition) is 3. The van der Waals surface area contributed by atoms with Crippen LogP contribution in [-0.4, -0.2) is 41.2 Å². The molecule has 1 heterocycles. The lowest BCUT2D eigenvalue weighted by Crippen LogP contribution is -2.45. The Balaban J connectivity index is 1.95. The van der Waals surface area contributed by atoms with Gasteiger partial charge in [0.05, 0.1) is 18.6 Å². The van der Waals surface area contributed by atoms with Crippen LogP contribution < -0.4 is 4.74 Å². The number of hydrogen-bond donors (Lipinski definition) is 1. The minimum Gasteiger partial charge on any atom is -0.488 e. The van der Waals surface area contributed by atoms with Crippen molar-refractivity contribution >= 4 is 5.91 Å². The van der Waals surface area contributed by atoms with Crippen LogP contribution in [-0.2, 0) is 11.2 Å². The number of nitrogens with zero attached hydrogens (tertiary/aromatic N) is 1. The number of aliphatic hydroxyl groups excluding tert-OH is 1. The lowest BCUT2D eigenvalue weighted by molar-refractivity contribution is -0.135. The van der Waals surface area contributed by atoms with E-state index in [1.54, 1.807) is 11.9 Å². The summed E-state index contributed by atoms with van der Waals surface area (Å²) in [6.07, 6.45) is 0.376. The van der Waals surface area contributed by atoms with Gasteiger partial charge in [0.2, 0.25) is 5.91 Å². The first-order valence-electron chi connectivity index (χ1n) is 7.58. The molecule has 1 aliphatic rings. The Morgan fingerprint density at radius 2 is 2.05 bits per heavy atom. The van der Waals surface area contributed by atoms with Crippen LogP contribution in [0.25, 0.3) is 0 Å². The van der Waals surface area contributed by atoms with E-state index in [2.05, 4.69) is 6.07 Å². The number of rotatable bonds is 5. The first kappa shape index (κ1) is 15.8. The summed E-state index contributed by atoms with van der Waals surface area (Å²) in [5, 5.41) is 9.86. The molecule has 0 saturated heterocycles. The SMILES string of the molecule is CC(C)C(O)CC(=O)N(C)C(C)C1Cc2ccccc2O1. The average molecular weight is 291 g/mol. The van der Waals surface area contributed by atoms with Gasteiger partial charge in [0.15, 0.2) is 0 Å². The van der Waals surface area contributed by atoms with E-state index in [9.17, 15) is 9.90 Å². The van der Waals surface area contributed by atoms with Gasteiger partial charge in [-0.15, -0.1) is 0 Å². The zero-order chi connectivity index (χ0) is 15.6. The first-order valence-corrected chi connectivity index (χ1v) is 7.58. The zero-order valence-electron chi connectivity index (χ0n) is 13.2. The maximum absolute atomic E-state index is 12.2. The van der Waals surface area contributed by atoms with Crippen molar-refractivity contribution in [3.05, 3.63) is 29.8 Å². The van der Waals surface area contributed by atoms with Crippen molar-refractivity contribution in [3.8, 4) is 5.75 Å². The van der Waals surface area contributed by atoms with Crippen LogP contribution in [0.15, 0.2) is 24.3 Å². The summed E-state index contributed by atoms with van der Waals surface area (Å²) >= 11 is 0. The molecule has 0 spiro atoms. The molecule has 1 amide bonds. The summed E-state index contributed by atoms with van der Waals surface area (Å²) in [7, 11) is 1.78. The number of para-hydroxylation sites is 1. The van der Waals surface area contributed by atoms with Crippen LogP contribution in [0.3, 0.4) is 0 Å². The summed E-state index contributed by atoms with van der Waals surface area (Å²) < 4.78 is 5.94. The van der Waals surface area contributed by atoms with Crippen molar-refractivity contribution in [1.82, 2.24) is 4.90 Å². The number of benzene rings is 1. The quantitative estimate of drug-likeness (QED) is 0.905. The van der Waals surface area contributed by atoms with Crippen molar-refractivity contribution in [2.45, 2.75) is 51.9 Å². The molecule has 21 heavy (non-hydrogen) atoms. The average Bonchev–Trinajstić information content (AvgIpc) is 2.89. The predicted molar refractivity (Wildman–Crippen MR) is 82.3 cm³/mol. The highest BCUT2D eigenvalue weighted by Crippen LogP contribution is 2.30. The molecular weight excluding hydrogens is 266 g/mol. The van der Waals surface area contributed by atoms with Gasteiger partial charge in [0.1, 0.15) is 11.9 Å². The van der Waals surface area contributed by atoms with E-state index >= 15 is 0 Å². The van der Waals surface area contributed by atoms with Gasteiger partial charge in [0, 0.05) is 13.5 Å². The maximum Gasteiger partial charge on any atom is 0.225 e. The molecular formula is C17H25NO3. The molecule has 1 N–H and O–H groups in total. The highest BCUT2D eigenvalue weighted by Gasteiger charge is 2.32. The van der Waals surface area contributed by atoms with E-state index < -0.39 is 6.10 Å². The van der Waals surface area contributed by atoms with Gasteiger partial charge in [-0.25, -0.2) is 0 Å². The van der Waals surface area contributed by atoms with Crippen LogP contribution in [0.4, 0.5) is 0 Å². The van der Waals surface area contributed by atoms with E-state index in [0.717, 1.165) is 12.2 Å². The second-order valence-electron chi connectivity index (χ2n) is 6.23. The fourth-order valence-electron chi connectivity index (χ4n) is 2.51. The number of ether oxygens (including phenoxy) is 1. The second-order valence-corrected chi connectivity index (χ2v) is 6.23. The molecule has 0 aliphatic carbocycles. The lowest BCUT2D eigenvalue weighted by atomic mass is 10.0. The van der Waals surface area contributed by atoms with Gasteiger partial charge in [-0.1, -0.05) is 32.0 Å². The Labute approximate surface area is 126 Å². The van der Waals surface area contributed by atoms with Crippen LogP contribution in [0.1, 0.15) is 32.8 Å². The summed E-state index contributed by atoms with van der Waals surface area (Å²) in [5.41, 5.74) is 1.19. The van der Waals surface area contributed by atoms with Crippen LogP contribution in [0.5, 0.6) is 5.75 Å². The van der Waals surface area contributed by atoms with Crippen molar-refractivity contribution in [3.63, 3.8) is 0 Å². The molecule has 3 atom stereocenters. The highest BCUT2D eigenvalue weighted by atomic mass is 16.5. The summed E-state index contributed by atoms with van der Waals surface area (Å²) in [6.45, 7) is 5.83. The molecule has 0 fully saturated rings. The van der Waals surface area contributed by atoms with E-state index in [0.29, 0.717) is 0 Å². The second kappa shape index (κ2) is 6.48. The normalized spacial score (nSPS) is 19.8. The molecule has 2 rings (SSSR count). The Morgan fingerprint density at radius 1 is 1.38 bits per heavy atom. The van der Waals surface area contributed by atoms with Crippen LogP contribution in [0.2, 0.25) is 0 Å². The van der Waals surface area contributed by atoms with Gasteiger partial charge in [-0.3, -0.25) is 4.79 Å². The van der Waals surface area contributed by atoms with Crippen LogP contribution >= 0.6 is 0 Å². The van der Waals surface area contributed by atoms with E-state index in [-0.39, 0.29) is 30.4 Å². The van der Waals surface area contributed by atoms with Crippen LogP contribution in [0, 0.1) is 5.92 Å². The molecule has 4 heteroatoms. The van der Waals surface area contributed by atoms with E-state index in [4.69, 9.17) is 4.74 Å². The topological polar surface area (TPSA) is 49.8 Å². The molecule has 4 nitrogen and oxygen atoms in total. The third kappa shape index (κ3) is 3.56. The largest absolute Gasteiger partial charge is 0.488 e. The molecule has 0 saturated carbocycles. The van der Waals surface area contributed by atoms with E-state index in [1.165, 1.54) is 5.56 Å². The minimum absolute atomic E-state index is 0.0208. The molecule has 0 bridgehead atoms. The van der Waals surface area contributed by atoms with Crippen molar-refractivity contribution in [2.75, 3.05) is 7.05 Å². The monoisotopic (exact) mass is 291 g/mol. The third-order valence-electron chi connectivity index (χ3n) is 4.37. The standard InChI is InChI=1S/C17H25NO3/c1-11(2)14(19)10-17(20)18(4)12(3)16-9-13-7-5-6-8-15(13)21-16/h5-8,11-12,14,16,19H,9-10H2,1-4H3. The summed E-state index contributed by atoms with van der Waals surface area (Å²) in [6, 6.07) is 7.96. The number of amides is 1. The summed E-state index contributed by atoms with van der Waals surface area (Å²) in [5.74, 6) is 0.963. The number of aliphatic hydroxyl groups is 1. The molecule has 1 aromatic carbocycles. The highest BCUT2D eigenvalue weighted by molar-refractivity contribution is 5.76. The van der Waals surface area contributed by atoms with Gasteiger partial charge < -0.3 is 14.7 Å². The number of carbonyl (C=O) groups is 1. The number of carbonyl (C=O) groups excluding carboxylic acids is 1.